The molecule has 0 bridgehead atoms. The van der Waals surface area contributed by atoms with Crippen molar-refractivity contribution in [3.05, 3.63) is 0 Å². The van der Waals surface area contributed by atoms with Crippen LogP contribution < -0.4 is 0 Å². The highest BCUT2D eigenvalue weighted by Crippen LogP contribution is 2.30. The Kier molecular flexibility index (Phi) is 2.08. The van der Waals surface area contributed by atoms with Crippen LogP contribution in [0.5, 0.6) is 0 Å². The van der Waals surface area contributed by atoms with Gasteiger partial charge in [-0.05, 0) is 12.8 Å². The zero-order valence-corrected chi connectivity index (χ0v) is 5.35. The van der Waals surface area contributed by atoms with Gasteiger partial charge in [-0.3, -0.25) is 0 Å². The van der Waals surface area contributed by atoms with Gasteiger partial charge >= 0.3 is 0 Å². The largest absolute Gasteiger partial charge is 0.377 e. The lowest BCUT2D eigenvalue weighted by Gasteiger charge is -1.98. The van der Waals surface area contributed by atoms with E-state index < -0.39 is 0 Å². The Labute approximate surface area is 46.0 Å². The molecule has 7 heavy (non-hydrogen) atoms. The summed E-state index contributed by atoms with van der Waals surface area (Å²) >= 11 is 0. The predicted molar refractivity (Wildman–Crippen MR) is 32.8 cm³/mol. The quantitative estimate of drug-likeness (QED) is 0.517. The number of hydrogen-bond donors (Lipinski definition) is 1. The fourth-order valence-corrected chi connectivity index (χ4v) is 1.72. The molecule has 0 radical (unpaired) electrons. The van der Waals surface area contributed by atoms with E-state index in [1.165, 1.54) is 25.7 Å². The third-order valence-electron chi connectivity index (χ3n) is 1.54. The average molecular weight is 118 g/mol. The SMILES string of the molecule is OPC1CCCC1. The van der Waals surface area contributed by atoms with Gasteiger partial charge in [0.1, 0.15) is 0 Å². The average Bonchev–Trinajstić information content (AvgIpc) is 2.14. The molecule has 1 atom stereocenters. The fraction of sp³-hybridized carbons (Fsp3) is 1.00. The van der Waals surface area contributed by atoms with Crippen LogP contribution in [0.25, 0.3) is 0 Å². The Bertz CT molecular complexity index is 50.0. The van der Waals surface area contributed by atoms with Gasteiger partial charge in [0.25, 0.3) is 0 Å². The second kappa shape index (κ2) is 2.64. The summed E-state index contributed by atoms with van der Waals surface area (Å²) in [7, 11) is 0.211. The zero-order chi connectivity index (χ0) is 5.11. The molecular formula is C5H11OP. The van der Waals surface area contributed by atoms with Crippen molar-refractivity contribution >= 4 is 8.81 Å². The van der Waals surface area contributed by atoms with Crippen molar-refractivity contribution in [2.75, 3.05) is 0 Å². The summed E-state index contributed by atoms with van der Waals surface area (Å²) in [4.78, 5) is 8.59. The van der Waals surface area contributed by atoms with Gasteiger partial charge in [-0.15, -0.1) is 0 Å². The van der Waals surface area contributed by atoms with Gasteiger partial charge < -0.3 is 4.89 Å². The van der Waals surface area contributed by atoms with Crippen molar-refractivity contribution in [1.29, 1.82) is 0 Å². The molecule has 1 fully saturated rings. The van der Waals surface area contributed by atoms with Crippen LogP contribution in [0.2, 0.25) is 0 Å². The second-order valence-corrected chi connectivity index (χ2v) is 3.19. The van der Waals surface area contributed by atoms with Gasteiger partial charge in [-0.1, -0.05) is 12.8 Å². The summed E-state index contributed by atoms with van der Waals surface area (Å²) in [6.07, 6.45) is 5.24. The van der Waals surface area contributed by atoms with Crippen molar-refractivity contribution in [2.24, 2.45) is 0 Å². The van der Waals surface area contributed by atoms with Gasteiger partial charge in [0, 0.05) is 14.5 Å². The molecule has 0 saturated heterocycles. The molecule has 0 heterocycles. The molecule has 42 valence electrons. The first-order valence-corrected chi connectivity index (χ1v) is 3.85. The Morgan fingerprint density at radius 2 is 1.86 bits per heavy atom. The Balaban J connectivity index is 2.14. The molecule has 0 aromatic heterocycles. The molecule has 1 unspecified atom stereocenters. The number of hydrogen-bond acceptors (Lipinski definition) is 1. The lowest BCUT2D eigenvalue weighted by molar-refractivity contribution is 0.626. The van der Waals surface area contributed by atoms with Gasteiger partial charge in [-0.25, -0.2) is 0 Å². The molecule has 1 N–H and O–H groups in total. The van der Waals surface area contributed by atoms with Crippen LogP contribution in [0.1, 0.15) is 25.7 Å². The maximum atomic E-state index is 8.59. The van der Waals surface area contributed by atoms with Gasteiger partial charge in [0.15, 0.2) is 0 Å². The van der Waals surface area contributed by atoms with Gasteiger partial charge in [-0.2, -0.15) is 0 Å². The van der Waals surface area contributed by atoms with Crippen LogP contribution in [-0.4, -0.2) is 10.6 Å². The summed E-state index contributed by atoms with van der Waals surface area (Å²) in [5, 5.41) is 0. The Morgan fingerprint density at radius 1 is 1.29 bits per heavy atom. The van der Waals surface area contributed by atoms with Crippen LogP contribution in [-0.2, 0) is 0 Å². The summed E-state index contributed by atoms with van der Waals surface area (Å²) in [5.74, 6) is 0. The van der Waals surface area contributed by atoms with Crippen molar-refractivity contribution in [3.8, 4) is 0 Å². The highest BCUT2D eigenvalue weighted by Gasteiger charge is 2.12. The first-order chi connectivity index (χ1) is 3.43. The zero-order valence-electron chi connectivity index (χ0n) is 4.35. The van der Waals surface area contributed by atoms with Crippen LogP contribution in [0.4, 0.5) is 0 Å². The third kappa shape index (κ3) is 1.40. The van der Waals surface area contributed by atoms with E-state index in [1.807, 2.05) is 0 Å². The lowest BCUT2D eigenvalue weighted by atomic mass is 10.4. The van der Waals surface area contributed by atoms with E-state index in [0.717, 1.165) is 0 Å². The minimum Gasteiger partial charge on any atom is -0.377 e. The van der Waals surface area contributed by atoms with E-state index in [1.54, 1.807) is 0 Å². The van der Waals surface area contributed by atoms with E-state index in [9.17, 15) is 0 Å². The summed E-state index contributed by atoms with van der Waals surface area (Å²) in [5.41, 5.74) is 0.681. The minimum atomic E-state index is 0.211. The topological polar surface area (TPSA) is 20.2 Å². The molecule has 0 aliphatic heterocycles. The van der Waals surface area contributed by atoms with Crippen LogP contribution in [0.3, 0.4) is 0 Å². The molecule has 2 heteroatoms. The van der Waals surface area contributed by atoms with E-state index in [-0.39, 0.29) is 8.81 Å². The molecule has 0 amide bonds. The molecule has 1 rings (SSSR count). The molecular weight excluding hydrogens is 107 g/mol. The third-order valence-corrected chi connectivity index (χ3v) is 2.48. The minimum absolute atomic E-state index is 0.211. The maximum absolute atomic E-state index is 8.59. The van der Waals surface area contributed by atoms with Crippen LogP contribution in [0.15, 0.2) is 0 Å². The molecule has 0 aromatic rings. The van der Waals surface area contributed by atoms with Crippen molar-refractivity contribution < 1.29 is 4.89 Å². The van der Waals surface area contributed by atoms with E-state index in [2.05, 4.69) is 0 Å². The molecule has 1 saturated carbocycles. The number of rotatable bonds is 1. The summed E-state index contributed by atoms with van der Waals surface area (Å²) in [6.45, 7) is 0. The van der Waals surface area contributed by atoms with E-state index in [4.69, 9.17) is 4.89 Å². The van der Waals surface area contributed by atoms with Crippen molar-refractivity contribution in [2.45, 2.75) is 31.3 Å². The monoisotopic (exact) mass is 118 g/mol. The second-order valence-electron chi connectivity index (χ2n) is 2.11. The first kappa shape index (κ1) is 5.53. The Morgan fingerprint density at radius 3 is 2.14 bits per heavy atom. The standard InChI is InChI=1S/C5H11OP/c6-7-5-3-1-2-4-5/h5-7H,1-4H2. The normalized spacial score (nSPS) is 25.3. The van der Waals surface area contributed by atoms with Crippen molar-refractivity contribution in [1.82, 2.24) is 0 Å². The van der Waals surface area contributed by atoms with Crippen molar-refractivity contribution in [3.63, 3.8) is 0 Å². The van der Waals surface area contributed by atoms with Gasteiger partial charge in [0.05, 0.1) is 0 Å². The molecule has 0 aromatic carbocycles. The van der Waals surface area contributed by atoms with Gasteiger partial charge in [0.2, 0.25) is 0 Å². The molecule has 1 aliphatic rings. The summed E-state index contributed by atoms with van der Waals surface area (Å²) in [6, 6.07) is 0. The smallest absolute Gasteiger partial charge is 0.0139 e. The highest BCUT2D eigenvalue weighted by molar-refractivity contribution is 7.32. The molecule has 0 spiro atoms. The lowest BCUT2D eigenvalue weighted by Crippen LogP contribution is -1.87. The fourth-order valence-electron chi connectivity index (χ4n) is 1.05. The maximum Gasteiger partial charge on any atom is 0.0139 e. The van der Waals surface area contributed by atoms with Crippen LogP contribution in [0, 0.1) is 0 Å². The molecule has 1 nitrogen and oxygen atoms in total. The predicted octanol–water partition coefficient (Wildman–Crippen LogP) is 1.51. The van der Waals surface area contributed by atoms with Crippen LogP contribution >= 0.6 is 8.81 Å². The van der Waals surface area contributed by atoms with E-state index in [0.29, 0.717) is 5.66 Å². The first-order valence-electron chi connectivity index (χ1n) is 2.83. The highest BCUT2D eigenvalue weighted by atomic mass is 31.1. The Hall–Kier alpha value is 0.390. The summed E-state index contributed by atoms with van der Waals surface area (Å²) < 4.78 is 0. The van der Waals surface area contributed by atoms with E-state index >= 15 is 0 Å². The molecule has 1 aliphatic carbocycles.